The van der Waals surface area contributed by atoms with E-state index in [-0.39, 0.29) is 46.4 Å². The van der Waals surface area contributed by atoms with E-state index in [1.54, 1.807) is 10.6 Å². The average molecular weight is 642 g/mol. The number of aromatic nitrogens is 3. The van der Waals surface area contributed by atoms with Crippen molar-refractivity contribution >= 4 is 17.5 Å². The van der Waals surface area contributed by atoms with Crippen molar-refractivity contribution in [2.24, 2.45) is 11.7 Å². The van der Waals surface area contributed by atoms with E-state index < -0.39 is 48.1 Å². The molecule has 2 aliphatic carbocycles. The van der Waals surface area contributed by atoms with E-state index in [0.717, 1.165) is 49.6 Å². The van der Waals surface area contributed by atoms with Crippen molar-refractivity contribution in [3.63, 3.8) is 0 Å². The fourth-order valence-corrected chi connectivity index (χ4v) is 5.15. The number of carbonyl (C=O) groups is 2. The molecule has 0 spiro atoms. The molecule has 2 saturated carbocycles. The van der Waals surface area contributed by atoms with Crippen molar-refractivity contribution in [2.45, 2.75) is 49.8 Å². The third-order valence-electron chi connectivity index (χ3n) is 8.10. The van der Waals surface area contributed by atoms with Gasteiger partial charge in [0.05, 0.1) is 43.6 Å². The van der Waals surface area contributed by atoms with Crippen LogP contribution in [0.15, 0.2) is 48.8 Å². The van der Waals surface area contributed by atoms with Crippen molar-refractivity contribution in [3.8, 4) is 22.8 Å². The molecule has 0 radical (unpaired) electrons. The summed E-state index contributed by atoms with van der Waals surface area (Å²) in [6, 6.07) is 7.03. The molecule has 242 valence electrons. The highest BCUT2D eigenvalue weighted by atomic mass is 19.4. The highest BCUT2D eigenvalue weighted by molar-refractivity contribution is 5.95. The van der Waals surface area contributed by atoms with E-state index in [0.29, 0.717) is 11.6 Å². The summed E-state index contributed by atoms with van der Waals surface area (Å²) < 4.78 is 70.9. The van der Waals surface area contributed by atoms with Crippen LogP contribution < -0.4 is 20.5 Å². The smallest absolute Gasteiger partial charge is 0.424 e. The average Bonchev–Trinajstić information content (AvgIpc) is 3.95. The number of halogens is 4. The lowest BCUT2D eigenvalue weighted by atomic mass is 9.93. The first-order chi connectivity index (χ1) is 21.9. The summed E-state index contributed by atoms with van der Waals surface area (Å²) >= 11 is 0. The van der Waals surface area contributed by atoms with E-state index in [4.69, 9.17) is 15.2 Å². The molecule has 0 aliphatic heterocycles. The number of nitrogens with one attached hydrogen (secondary N) is 1. The van der Waals surface area contributed by atoms with Gasteiger partial charge in [-0.05, 0) is 68.0 Å². The number of nitrogens with two attached hydrogens (primary N) is 1. The molecule has 3 aromatic heterocycles. The zero-order valence-electron chi connectivity index (χ0n) is 24.7. The van der Waals surface area contributed by atoms with Crippen molar-refractivity contribution in [3.05, 3.63) is 77.1 Å². The molecule has 6 rings (SSSR count). The summed E-state index contributed by atoms with van der Waals surface area (Å²) in [7, 11) is 1.39. The lowest BCUT2D eigenvalue weighted by Gasteiger charge is -2.31. The lowest BCUT2D eigenvalue weighted by Crippen LogP contribution is -2.51. The van der Waals surface area contributed by atoms with Crippen LogP contribution in [0.5, 0.6) is 11.5 Å². The Kier molecular flexibility index (Phi) is 8.09. The molecule has 14 heteroatoms. The molecule has 3 heterocycles. The van der Waals surface area contributed by atoms with Gasteiger partial charge in [0.15, 0.2) is 11.4 Å². The standard InChI is InChI=1S/C32H31F4N5O5/c1-45-24-10-21(13-41-14-23(18-4-5-18)39-29(24)41)30(43)38-16-31(44,32(34,35)36)25-11-20(12-26(37)42)28(46-15-17-2-3-17)27(40-25)19-6-8-22(33)9-7-19/h6-11,13-14,17-18,44H,2-5,12,15-16H2,1H3,(H2,37,42)(H,38,43)/t31-/m0/s1. The minimum atomic E-state index is -5.35. The molecular formula is C32H31F4N5O5. The number of fused-ring (bicyclic) bond motifs is 1. The first kappa shape index (κ1) is 31.3. The van der Waals surface area contributed by atoms with Gasteiger partial charge in [0, 0.05) is 29.4 Å². The van der Waals surface area contributed by atoms with E-state index in [1.807, 2.05) is 0 Å². The highest BCUT2D eigenvalue weighted by Crippen LogP contribution is 2.43. The monoisotopic (exact) mass is 641 g/mol. The Morgan fingerprint density at radius 1 is 1.09 bits per heavy atom. The lowest BCUT2D eigenvalue weighted by molar-refractivity contribution is -0.265. The number of hydrogen-bond acceptors (Lipinski definition) is 7. The molecule has 4 aromatic rings. The third kappa shape index (κ3) is 6.34. The second kappa shape index (κ2) is 11.9. The van der Waals surface area contributed by atoms with Crippen LogP contribution in [0.1, 0.15) is 58.9 Å². The van der Waals surface area contributed by atoms with Gasteiger partial charge in [0.2, 0.25) is 11.5 Å². The van der Waals surface area contributed by atoms with Gasteiger partial charge in [0.25, 0.3) is 5.91 Å². The number of nitrogens with zero attached hydrogens (tertiary/aromatic N) is 3. The summed E-state index contributed by atoms with van der Waals surface area (Å²) in [5.74, 6) is -1.61. The number of ether oxygens (including phenoxy) is 2. The van der Waals surface area contributed by atoms with Gasteiger partial charge in [0.1, 0.15) is 17.3 Å². The van der Waals surface area contributed by atoms with Gasteiger partial charge in [-0.3, -0.25) is 9.59 Å². The quantitative estimate of drug-likeness (QED) is 0.195. The predicted octanol–water partition coefficient (Wildman–Crippen LogP) is 4.42. The minimum Gasteiger partial charge on any atom is -0.493 e. The second-order valence-electron chi connectivity index (χ2n) is 11.8. The highest BCUT2D eigenvalue weighted by Gasteiger charge is 2.57. The summed E-state index contributed by atoms with van der Waals surface area (Å²) in [4.78, 5) is 34.0. The molecular weight excluding hydrogens is 610 g/mol. The number of methoxy groups -OCH3 is 1. The van der Waals surface area contributed by atoms with Crippen molar-refractivity contribution in [2.75, 3.05) is 20.3 Å². The van der Waals surface area contributed by atoms with Crippen LogP contribution in [-0.4, -0.2) is 57.7 Å². The van der Waals surface area contributed by atoms with Gasteiger partial charge in [-0.15, -0.1) is 0 Å². The van der Waals surface area contributed by atoms with Crippen molar-refractivity contribution in [1.29, 1.82) is 0 Å². The van der Waals surface area contributed by atoms with E-state index in [9.17, 15) is 32.3 Å². The molecule has 0 bridgehead atoms. The Labute approximate surface area is 260 Å². The fraction of sp³-hybridized carbons (Fsp3) is 0.375. The van der Waals surface area contributed by atoms with E-state index in [1.165, 1.54) is 31.5 Å². The van der Waals surface area contributed by atoms with Crippen LogP contribution in [0.25, 0.3) is 16.9 Å². The largest absolute Gasteiger partial charge is 0.493 e. The summed E-state index contributed by atoms with van der Waals surface area (Å²) in [6.45, 7) is -1.12. The third-order valence-corrected chi connectivity index (χ3v) is 8.10. The summed E-state index contributed by atoms with van der Waals surface area (Å²) in [6.07, 6.45) is 1.06. The molecule has 4 N–H and O–H groups in total. The number of amides is 2. The predicted molar refractivity (Wildman–Crippen MR) is 157 cm³/mol. The first-order valence-electron chi connectivity index (χ1n) is 14.7. The maximum atomic E-state index is 14.8. The van der Waals surface area contributed by atoms with Crippen molar-refractivity contribution < 1.29 is 41.7 Å². The molecule has 2 fully saturated rings. The molecule has 10 nitrogen and oxygen atoms in total. The minimum absolute atomic E-state index is 0.000847. The second-order valence-corrected chi connectivity index (χ2v) is 11.8. The van der Waals surface area contributed by atoms with Gasteiger partial charge in [-0.2, -0.15) is 13.2 Å². The zero-order valence-corrected chi connectivity index (χ0v) is 24.7. The fourth-order valence-electron chi connectivity index (χ4n) is 5.15. The van der Waals surface area contributed by atoms with Gasteiger partial charge < -0.3 is 30.0 Å². The Morgan fingerprint density at radius 2 is 1.80 bits per heavy atom. The van der Waals surface area contributed by atoms with Gasteiger partial charge in [-0.25, -0.2) is 14.4 Å². The number of benzene rings is 1. The Hall–Kier alpha value is -4.72. The van der Waals surface area contributed by atoms with Gasteiger partial charge >= 0.3 is 6.18 Å². The number of aliphatic hydroxyl groups is 1. The maximum absolute atomic E-state index is 14.8. The van der Waals surface area contributed by atoms with E-state index in [2.05, 4.69) is 15.3 Å². The van der Waals surface area contributed by atoms with Crippen LogP contribution in [0, 0.1) is 11.7 Å². The van der Waals surface area contributed by atoms with Gasteiger partial charge in [-0.1, -0.05) is 0 Å². The number of alkyl halides is 3. The normalized spacial score (nSPS) is 16.2. The molecule has 0 unspecified atom stereocenters. The molecule has 2 amide bonds. The topological polar surface area (TPSA) is 141 Å². The number of imidazole rings is 1. The summed E-state index contributed by atoms with van der Waals surface area (Å²) in [5.41, 5.74) is 2.03. The molecule has 0 saturated heterocycles. The van der Waals surface area contributed by atoms with Crippen LogP contribution in [0.4, 0.5) is 17.6 Å². The molecule has 1 atom stereocenters. The van der Waals surface area contributed by atoms with E-state index >= 15 is 0 Å². The van der Waals surface area contributed by atoms with Crippen LogP contribution in [0.3, 0.4) is 0 Å². The molecule has 46 heavy (non-hydrogen) atoms. The summed E-state index contributed by atoms with van der Waals surface area (Å²) in [5, 5.41) is 13.5. The maximum Gasteiger partial charge on any atom is 0.424 e. The van der Waals surface area contributed by atoms with Crippen LogP contribution in [0.2, 0.25) is 0 Å². The Morgan fingerprint density at radius 3 is 2.41 bits per heavy atom. The number of carbonyl (C=O) groups excluding carboxylic acids is 2. The molecule has 2 aliphatic rings. The van der Waals surface area contributed by atoms with Crippen LogP contribution >= 0.6 is 0 Å². The number of hydrogen-bond donors (Lipinski definition) is 3. The Bertz CT molecular complexity index is 1800. The van der Waals surface area contributed by atoms with Crippen LogP contribution in [-0.2, 0) is 16.8 Å². The first-order valence-corrected chi connectivity index (χ1v) is 14.7. The molecule has 1 aromatic carbocycles. The number of primary amides is 1. The number of pyridine rings is 2. The number of rotatable bonds is 12. The van der Waals surface area contributed by atoms with Crippen molar-refractivity contribution in [1.82, 2.24) is 19.7 Å². The SMILES string of the molecule is COc1cc(C(=O)NC[C@](O)(c2cc(CC(N)=O)c(OCC3CC3)c(-c3ccc(F)cc3)n2)C(F)(F)F)cn2cc(C3CC3)nc12. The Balaban J connectivity index is 1.38. The zero-order chi connectivity index (χ0) is 32.8.